The third-order valence-electron chi connectivity index (χ3n) is 5.31. The van der Waals surface area contributed by atoms with Crippen molar-refractivity contribution in [2.24, 2.45) is 0 Å². The van der Waals surface area contributed by atoms with Crippen LogP contribution in [-0.2, 0) is 19.3 Å². The van der Waals surface area contributed by atoms with Gasteiger partial charge in [0.2, 0.25) is 0 Å². The van der Waals surface area contributed by atoms with E-state index < -0.39 is 0 Å². The maximum Gasteiger partial charge on any atom is 0.266 e. The number of hydrogen-bond acceptors (Lipinski definition) is 5. The van der Waals surface area contributed by atoms with Crippen LogP contribution in [0.3, 0.4) is 0 Å². The van der Waals surface area contributed by atoms with Crippen molar-refractivity contribution in [2.75, 3.05) is 0 Å². The highest BCUT2D eigenvalue weighted by atomic mass is 32.1. The number of hydrogen-bond donors (Lipinski definition) is 1. The van der Waals surface area contributed by atoms with E-state index in [1.54, 1.807) is 0 Å². The van der Waals surface area contributed by atoms with Crippen molar-refractivity contribution in [3.05, 3.63) is 43.0 Å². The van der Waals surface area contributed by atoms with Gasteiger partial charge in [0.05, 0.1) is 16.4 Å². The molecule has 0 aromatic carbocycles. The quantitative estimate of drug-likeness (QED) is 0.892. The number of rotatable bonds is 2. The molecule has 0 aliphatic carbocycles. The number of nitrogens with one attached hydrogen (secondary N) is 1. The van der Waals surface area contributed by atoms with Crippen molar-refractivity contribution < 1.29 is 4.79 Å². The number of carbonyl (C=O) groups is 1. The van der Waals surface area contributed by atoms with Gasteiger partial charge < -0.3 is 9.88 Å². The molecule has 1 saturated heterocycles. The summed E-state index contributed by atoms with van der Waals surface area (Å²) in [6.07, 6.45) is 3.90. The van der Waals surface area contributed by atoms with Gasteiger partial charge in [0.25, 0.3) is 11.5 Å². The Hall–Kier alpha value is -2.02. The number of thiazole rings is 1. The summed E-state index contributed by atoms with van der Waals surface area (Å²) in [5.74, 6) is 0.795. The monoisotopic (exact) mass is 358 g/mol. The first-order valence-electron chi connectivity index (χ1n) is 8.85. The number of carbonyl (C=O) groups excluding carboxylic acids is 1. The van der Waals surface area contributed by atoms with Crippen LogP contribution < -0.4 is 5.56 Å². The van der Waals surface area contributed by atoms with Gasteiger partial charge in [-0.1, -0.05) is 6.92 Å². The minimum Gasteiger partial charge on any atom is -0.331 e. The average molecular weight is 358 g/mol. The van der Waals surface area contributed by atoms with Gasteiger partial charge in [-0.2, -0.15) is 0 Å². The van der Waals surface area contributed by atoms with Crippen LogP contribution in [0.25, 0.3) is 0 Å². The SMILES string of the molecule is CCc1nc2c(c(=O)[nH]1)C[C@H]1CC[C@@H](C2)N1C(=O)c1sc(C)nc1C. The molecule has 0 radical (unpaired) electrons. The van der Waals surface area contributed by atoms with E-state index in [9.17, 15) is 9.59 Å². The van der Waals surface area contributed by atoms with Gasteiger partial charge in [-0.15, -0.1) is 11.3 Å². The predicted octanol–water partition coefficient (Wildman–Crippen LogP) is 2.18. The predicted molar refractivity (Wildman–Crippen MR) is 96.2 cm³/mol. The molecule has 1 N–H and O–H groups in total. The van der Waals surface area contributed by atoms with E-state index >= 15 is 0 Å². The maximum atomic E-state index is 13.2. The molecule has 2 aromatic rings. The lowest BCUT2D eigenvalue weighted by Crippen LogP contribution is -2.41. The van der Waals surface area contributed by atoms with Gasteiger partial charge in [0, 0.05) is 36.9 Å². The molecule has 2 aromatic heterocycles. The zero-order chi connectivity index (χ0) is 17.7. The molecule has 4 heterocycles. The normalized spacial score (nSPS) is 22.0. The molecule has 7 heteroatoms. The molecule has 1 amide bonds. The first-order chi connectivity index (χ1) is 12.0. The number of aromatic nitrogens is 3. The zero-order valence-electron chi connectivity index (χ0n) is 14.8. The van der Waals surface area contributed by atoms with Crippen molar-refractivity contribution in [1.82, 2.24) is 19.9 Å². The second-order valence-corrected chi connectivity index (χ2v) is 8.15. The second-order valence-electron chi connectivity index (χ2n) is 6.94. The molecule has 0 unspecified atom stereocenters. The van der Waals surface area contributed by atoms with Crippen LogP contribution in [0.1, 0.15) is 57.2 Å². The smallest absolute Gasteiger partial charge is 0.266 e. The minimum atomic E-state index is -0.0355. The third kappa shape index (κ3) is 2.70. The molecule has 4 rings (SSSR count). The Balaban J connectivity index is 1.72. The van der Waals surface area contributed by atoms with Crippen LogP contribution in [-0.4, -0.2) is 37.8 Å². The first-order valence-corrected chi connectivity index (χ1v) is 9.67. The van der Waals surface area contributed by atoms with Gasteiger partial charge in [-0.3, -0.25) is 9.59 Å². The van der Waals surface area contributed by atoms with Crippen LogP contribution >= 0.6 is 11.3 Å². The van der Waals surface area contributed by atoms with E-state index in [2.05, 4.69) is 15.0 Å². The lowest BCUT2D eigenvalue weighted by Gasteiger charge is -2.27. The highest BCUT2D eigenvalue weighted by Crippen LogP contribution is 2.35. The molecule has 0 saturated carbocycles. The van der Waals surface area contributed by atoms with Crippen LogP contribution in [0.15, 0.2) is 4.79 Å². The number of aryl methyl sites for hydroxylation is 3. The largest absolute Gasteiger partial charge is 0.331 e. The first kappa shape index (κ1) is 16.4. The summed E-state index contributed by atoms with van der Waals surface area (Å²) in [6, 6.07) is 0.204. The number of aromatic amines is 1. The molecule has 2 bridgehead atoms. The van der Waals surface area contributed by atoms with E-state index in [-0.39, 0.29) is 23.6 Å². The summed E-state index contributed by atoms with van der Waals surface area (Å²) < 4.78 is 0. The van der Waals surface area contributed by atoms with Crippen molar-refractivity contribution in [3.63, 3.8) is 0 Å². The zero-order valence-corrected chi connectivity index (χ0v) is 15.6. The highest BCUT2D eigenvalue weighted by molar-refractivity contribution is 7.13. The molecular weight excluding hydrogens is 336 g/mol. The molecule has 1 fully saturated rings. The second kappa shape index (κ2) is 6.05. The molecule has 0 spiro atoms. The van der Waals surface area contributed by atoms with Crippen LogP contribution in [0.2, 0.25) is 0 Å². The summed E-state index contributed by atoms with van der Waals surface area (Å²) >= 11 is 1.46. The summed E-state index contributed by atoms with van der Waals surface area (Å²) in [5.41, 5.74) is 2.41. The minimum absolute atomic E-state index is 0.0355. The van der Waals surface area contributed by atoms with Gasteiger partial charge in [0.15, 0.2) is 0 Å². The van der Waals surface area contributed by atoms with E-state index in [0.717, 1.165) is 45.5 Å². The number of H-pyrrole nitrogens is 1. The maximum absolute atomic E-state index is 13.2. The Morgan fingerprint density at radius 3 is 2.60 bits per heavy atom. The Kier molecular flexibility index (Phi) is 3.98. The lowest BCUT2D eigenvalue weighted by atomic mass is 9.98. The fourth-order valence-electron chi connectivity index (χ4n) is 4.14. The van der Waals surface area contributed by atoms with Crippen molar-refractivity contribution >= 4 is 17.2 Å². The molecular formula is C18H22N4O2S. The summed E-state index contributed by atoms with van der Waals surface area (Å²) in [5, 5.41) is 0.914. The van der Waals surface area contributed by atoms with E-state index in [1.165, 1.54) is 11.3 Å². The Labute approximate surface area is 150 Å². The summed E-state index contributed by atoms with van der Waals surface area (Å²) in [6.45, 7) is 5.81. The summed E-state index contributed by atoms with van der Waals surface area (Å²) in [7, 11) is 0. The Morgan fingerprint density at radius 1 is 1.24 bits per heavy atom. The number of nitrogens with zero attached hydrogens (tertiary/aromatic N) is 3. The van der Waals surface area contributed by atoms with Crippen LogP contribution in [0.4, 0.5) is 0 Å². The Bertz CT molecular complexity index is 901. The van der Waals surface area contributed by atoms with Gasteiger partial charge in [-0.05, 0) is 26.7 Å². The third-order valence-corrected chi connectivity index (χ3v) is 6.37. The molecule has 132 valence electrons. The fourth-order valence-corrected chi connectivity index (χ4v) is 5.01. The standard InChI is InChI=1S/C18H22N4O2S/c1-4-15-20-14-8-12-6-5-11(7-13(14)17(23)21-15)22(12)18(24)16-9(2)19-10(3)25-16/h11-12H,4-8H2,1-3H3,(H,20,21,23)/t11-,12+/m1/s1. The van der Waals surface area contributed by atoms with E-state index in [0.29, 0.717) is 19.3 Å². The van der Waals surface area contributed by atoms with Crippen molar-refractivity contribution in [2.45, 2.75) is 65.0 Å². The molecule has 6 nitrogen and oxygen atoms in total. The number of amides is 1. The topological polar surface area (TPSA) is 79.0 Å². The van der Waals surface area contributed by atoms with Gasteiger partial charge in [-0.25, -0.2) is 9.97 Å². The van der Waals surface area contributed by atoms with Gasteiger partial charge >= 0.3 is 0 Å². The molecule has 2 aliphatic heterocycles. The average Bonchev–Trinajstić information content (AvgIpc) is 3.05. The molecule has 2 aliphatic rings. The highest BCUT2D eigenvalue weighted by Gasteiger charge is 2.42. The van der Waals surface area contributed by atoms with Gasteiger partial charge in [0.1, 0.15) is 10.7 Å². The molecule has 25 heavy (non-hydrogen) atoms. The molecule has 2 atom stereocenters. The van der Waals surface area contributed by atoms with Crippen LogP contribution in [0, 0.1) is 13.8 Å². The fraction of sp³-hybridized carbons (Fsp3) is 0.556. The van der Waals surface area contributed by atoms with E-state index in [1.807, 2.05) is 25.7 Å². The van der Waals surface area contributed by atoms with Crippen LogP contribution in [0.5, 0.6) is 0 Å². The van der Waals surface area contributed by atoms with Crippen molar-refractivity contribution in [1.29, 1.82) is 0 Å². The lowest BCUT2D eigenvalue weighted by molar-refractivity contribution is 0.0677. The Morgan fingerprint density at radius 2 is 1.96 bits per heavy atom. The number of fused-ring (bicyclic) bond motifs is 3. The van der Waals surface area contributed by atoms with E-state index in [4.69, 9.17) is 0 Å². The summed E-state index contributed by atoms with van der Waals surface area (Å²) in [4.78, 5) is 40.3. The van der Waals surface area contributed by atoms with Crippen molar-refractivity contribution in [3.8, 4) is 0 Å².